The third kappa shape index (κ3) is 6.81. The average Bonchev–Trinajstić information content (AvgIpc) is 2.94. The Labute approximate surface area is 234 Å². The number of hydrogen-bond donors (Lipinski definition) is 5. The number of nitrogens with one attached hydrogen (secondary N) is 3. The summed E-state index contributed by atoms with van der Waals surface area (Å²) in [7, 11) is 0. The van der Waals surface area contributed by atoms with Crippen molar-refractivity contribution in [2.24, 2.45) is 11.7 Å². The van der Waals surface area contributed by atoms with E-state index in [1.807, 2.05) is 36.4 Å². The van der Waals surface area contributed by atoms with Gasteiger partial charge in [0.15, 0.2) is 0 Å². The summed E-state index contributed by atoms with van der Waals surface area (Å²) in [5, 5.41) is 24.4. The summed E-state index contributed by atoms with van der Waals surface area (Å²) in [4.78, 5) is 26.3. The van der Waals surface area contributed by atoms with E-state index >= 15 is 0 Å². The molecule has 0 atom stereocenters. The van der Waals surface area contributed by atoms with Crippen LogP contribution in [0.2, 0.25) is 0 Å². The zero-order valence-corrected chi connectivity index (χ0v) is 22.7. The first-order chi connectivity index (χ1) is 19.2. The van der Waals surface area contributed by atoms with Crippen molar-refractivity contribution < 1.29 is 14.7 Å². The maximum absolute atomic E-state index is 13.4. The maximum Gasteiger partial charge on any atom is 0.336 e. The van der Waals surface area contributed by atoms with Crippen molar-refractivity contribution in [1.82, 2.24) is 5.32 Å². The highest BCUT2D eigenvalue weighted by Gasteiger charge is 2.23. The monoisotopic (exact) mass is 534 g/mol. The molecule has 0 saturated carbocycles. The van der Waals surface area contributed by atoms with Gasteiger partial charge in [0.2, 0.25) is 0 Å². The number of amides is 1. The molecule has 0 saturated heterocycles. The third-order valence-corrected chi connectivity index (χ3v) is 6.63. The van der Waals surface area contributed by atoms with Gasteiger partial charge in [-0.15, -0.1) is 0 Å². The van der Waals surface area contributed by atoms with Crippen LogP contribution in [-0.4, -0.2) is 29.4 Å². The summed E-state index contributed by atoms with van der Waals surface area (Å²) in [5.41, 5.74) is 10.9. The fourth-order valence-electron chi connectivity index (χ4n) is 4.67. The van der Waals surface area contributed by atoms with E-state index in [1.54, 1.807) is 54.6 Å². The van der Waals surface area contributed by atoms with E-state index in [2.05, 4.69) is 24.5 Å². The molecule has 40 heavy (non-hydrogen) atoms. The first kappa shape index (κ1) is 28.3. The van der Waals surface area contributed by atoms with Crippen LogP contribution in [0.5, 0.6) is 0 Å². The number of benzene rings is 4. The molecule has 0 aromatic heterocycles. The number of aromatic carboxylic acids is 1. The molecule has 7 nitrogen and oxygen atoms in total. The van der Waals surface area contributed by atoms with Crippen LogP contribution in [0.1, 0.15) is 56.8 Å². The second-order valence-electron chi connectivity index (χ2n) is 10.1. The molecular formula is C33H34N4O3. The number of carbonyl (C=O) groups is 2. The molecule has 0 spiro atoms. The molecule has 0 bridgehead atoms. The summed E-state index contributed by atoms with van der Waals surface area (Å²) in [6, 6.07) is 27.3. The topological polar surface area (TPSA) is 128 Å². The lowest BCUT2D eigenvalue weighted by atomic mass is 9.87. The van der Waals surface area contributed by atoms with Crippen LogP contribution >= 0.6 is 0 Å². The van der Waals surface area contributed by atoms with Crippen molar-refractivity contribution in [3.8, 4) is 11.1 Å². The average molecular weight is 535 g/mol. The molecular weight excluding hydrogens is 500 g/mol. The van der Waals surface area contributed by atoms with E-state index in [0.29, 0.717) is 46.8 Å². The first-order valence-corrected chi connectivity index (χ1v) is 13.2. The van der Waals surface area contributed by atoms with E-state index in [0.717, 1.165) is 23.2 Å². The van der Waals surface area contributed by atoms with Crippen molar-refractivity contribution in [3.63, 3.8) is 0 Å². The molecule has 4 rings (SSSR count). The quantitative estimate of drug-likeness (QED) is 0.120. The molecule has 0 heterocycles. The van der Waals surface area contributed by atoms with Crippen LogP contribution in [0.4, 0.5) is 5.69 Å². The Balaban J connectivity index is 1.77. The Morgan fingerprint density at radius 3 is 2.20 bits per heavy atom. The third-order valence-electron chi connectivity index (χ3n) is 6.63. The lowest BCUT2D eigenvalue weighted by Crippen LogP contribution is -2.21. The minimum atomic E-state index is -1.04. The highest BCUT2D eigenvalue weighted by molar-refractivity contribution is 6.10. The number of hydrogen-bond acceptors (Lipinski definition) is 4. The molecule has 0 aliphatic rings. The number of nitrogen functional groups attached to an aromatic ring is 1. The van der Waals surface area contributed by atoms with Crippen molar-refractivity contribution in [2.45, 2.75) is 26.8 Å². The van der Waals surface area contributed by atoms with Crippen LogP contribution in [-0.2, 0) is 13.0 Å². The second kappa shape index (κ2) is 12.9. The Hall–Kier alpha value is -4.75. The predicted octanol–water partition coefficient (Wildman–Crippen LogP) is 5.92. The normalized spacial score (nSPS) is 10.9. The van der Waals surface area contributed by atoms with E-state index in [4.69, 9.17) is 11.1 Å². The van der Waals surface area contributed by atoms with Gasteiger partial charge in [0, 0.05) is 23.4 Å². The van der Waals surface area contributed by atoms with Crippen LogP contribution in [0, 0.1) is 11.3 Å². The van der Waals surface area contributed by atoms with Gasteiger partial charge in [-0.25, -0.2) is 4.79 Å². The summed E-state index contributed by atoms with van der Waals surface area (Å²) in [6.45, 7) is 5.61. The number of nitrogens with two attached hydrogens (primary N) is 1. The molecule has 0 unspecified atom stereocenters. The maximum atomic E-state index is 13.4. The Morgan fingerprint density at radius 2 is 1.55 bits per heavy atom. The standard InChI is InChI=1S/C33H34N4O3/c1-21(2)19-36-20-24-14-17-27(30(33(39)40)29(24)18-22-8-4-3-5-9-22)26-10-6-7-11-28(26)32(38)37-25-15-12-23(13-16-25)31(34)35/h3-17,21,36H,18-20H2,1-2H3,(H3,34,35)(H,37,38)(H,39,40). The molecule has 0 aliphatic carbocycles. The largest absolute Gasteiger partial charge is 0.478 e. The smallest absolute Gasteiger partial charge is 0.336 e. The molecule has 204 valence electrons. The Bertz CT molecular complexity index is 1510. The van der Waals surface area contributed by atoms with Gasteiger partial charge in [-0.2, -0.15) is 0 Å². The van der Waals surface area contributed by atoms with Gasteiger partial charge < -0.3 is 21.5 Å². The number of carboxylic acids is 1. The summed E-state index contributed by atoms with van der Waals surface area (Å²) in [5.74, 6) is -1.00. The number of rotatable bonds is 11. The summed E-state index contributed by atoms with van der Waals surface area (Å²) < 4.78 is 0. The molecule has 7 heteroatoms. The van der Waals surface area contributed by atoms with Crippen molar-refractivity contribution in [3.05, 3.63) is 124 Å². The fourth-order valence-corrected chi connectivity index (χ4v) is 4.67. The second-order valence-corrected chi connectivity index (χ2v) is 10.1. The summed E-state index contributed by atoms with van der Waals surface area (Å²) in [6.07, 6.45) is 0.450. The van der Waals surface area contributed by atoms with Crippen molar-refractivity contribution >= 4 is 23.4 Å². The van der Waals surface area contributed by atoms with Gasteiger partial charge in [0.1, 0.15) is 5.84 Å². The van der Waals surface area contributed by atoms with Gasteiger partial charge in [0.05, 0.1) is 5.56 Å². The lowest BCUT2D eigenvalue weighted by molar-refractivity contribution is 0.0696. The molecule has 4 aromatic carbocycles. The van der Waals surface area contributed by atoms with E-state index in [1.165, 1.54) is 0 Å². The molecule has 0 fully saturated rings. The van der Waals surface area contributed by atoms with E-state index in [9.17, 15) is 14.7 Å². The number of carbonyl (C=O) groups excluding carboxylic acids is 1. The predicted molar refractivity (Wildman–Crippen MR) is 160 cm³/mol. The van der Waals surface area contributed by atoms with Gasteiger partial charge in [0.25, 0.3) is 5.91 Å². The van der Waals surface area contributed by atoms with Crippen LogP contribution in [0.25, 0.3) is 11.1 Å². The molecule has 1 amide bonds. The first-order valence-electron chi connectivity index (χ1n) is 13.2. The van der Waals surface area contributed by atoms with Crippen LogP contribution in [0.15, 0.2) is 91.0 Å². The van der Waals surface area contributed by atoms with Crippen molar-refractivity contribution in [1.29, 1.82) is 5.41 Å². The lowest BCUT2D eigenvalue weighted by Gasteiger charge is -2.19. The zero-order valence-electron chi connectivity index (χ0n) is 22.7. The SMILES string of the molecule is CC(C)CNCc1ccc(-c2ccccc2C(=O)Nc2ccc(C(=N)N)cc2)c(C(=O)O)c1Cc1ccccc1. The Morgan fingerprint density at radius 1 is 0.875 bits per heavy atom. The van der Waals surface area contributed by atoms with Gasteiger partial charge in [-0.3, -0.25) is 10.2 Å². The Kier molecular flexibility index (Phi) is 9.09. The number of carboxylic acid groups (broad SMARTS) is 1. The zero-order chi connectivity index (χ0) is 28.6. The van der Waals surface area contributed by atoms with E-state index < -0.39 is 5.97 Å². The number of anilines is 1. The minimum absolute atomic E-state index is 0.0569. The highest BCUT2D eigenvalue weighted by atomic mass is 16.4. The van der Waals surface area contributed by atoms with Crippen molar-refractivity contribution in [2.75, 3.05) is 11.9 Å². The fraction of sp³-hybridized carbons (Fsp3) is 0.182. The van der Waals surface area contributed by atoms with Crippen LogP contribution < -0.4 is 16.4 Å². The van der Waals surface area contributed by atoms with Gasteiger partial charge in [-0.1, -0.05) is 74.5 Å². The van der Waals surface area contributed by atoms with Gasteiger partial charge in [-0.05, 0) is 77.0 Å². The minimum Gasteiger partial charge on any atom is -0.478 e. The molecule has 6 N–H and O–H groups in total. The molecule has 0 radical (unpaired) electrons. The molecule has 4 aromatic rings. The summed E-state index contributed by atoms with van der Waals surface area (Å²) >= 11 is 0. The molecule has 0 aliphatic heterocycles. The van der Waals surface area contributed by atoms with Gasteiger partial charge >= 0.3 is 5.97 Å². The number of amidine groups is 1. The van der Waals surface area contributed by atoms with E-state index in [-0.39, 0.29) is 17.3 Å². The highest BCUT2D eigenvalue weighted by Crippen LogP contribution is 2.33. The van der Waals surface area contributed by atoms with Crippen LogP contribution in [0.3, 0.4) is 0 Å².